The predicted molar refractivity (Wildman–Crippen MR) is 83.5 cm³/mol. The highest BCUT2D eigenvalue weighted by Gasteiger charge is 2.18. The Morgan fingerprint density at radius 2 is 2.15 bits per heavy atom. The molecular formula is C12H13BrClN3O2S. The molecule has 108 valence electrons. The molecular weight excluding hydrogens is 366 g/mol. The standard InChI is InChI=1S/C12H13BrClN3O2S/c1-15-6-8-5-9(7-16-8)20(18,19)17-11-4-2-3-10(14)12(11)13/h2-5,7,15-17H,6H2,1H3. The van der Waals surface area contributed by atoms with Crippen LogP contribution < -0.4 is 10.0 Å². The fraction of sp³-hybridized carbons (Fsp3) is 0.167. The summed E-state index contributed by atoms with van der Waals surface area (Å²) in [7, 11) is -1.86. The summed E-state index contributed by atoms with van der Waals surface area (Å²) in [4.78, 5) is 3.08. The van der Waals surface area contributed by atoms with Crippen LogP contribution in [-0.4, -0.2) is 20.4 Å². The number of hydrogen-bond acceptors (Lipinski definition) is 3. The molecule has 0 aliphatic rings. The lowest BCUT2D eigenvalue weighted by atomic mass is 10.3. The van der Waals surface area contributed by atoms with Crippen LogP contribution in [0.5, 0.6) is 0 Å². The van der Waals surface area contributed by atoms with Gasteiger partial charge in [0.1, 0.15) is 4.90 Å². The van der Waals surface area contributed by atoms with Crippen molar-refractivity contribution in [3.63, 3.8) is 0 Å². The van der Waals surface area contributed by atoms with E-state index >= 15 is 0 Å². The van der Waals surface area contributed by atoms with Crippen LogP contribution in [0.3, 0.4) is 0 Å². The quantitative estimate of drug-likeness (QED) is 0.749. The van der Waals surface area contributed by atoms with E-state index in [0.717, 1.165) is 5.69 Å². The van der Waals surface area contributed by atoms with Crippen molar-refractivity contribution in [1.29, 1.82) is 0 Å². The van der Waals surface area contributed by atoms with E-state index in [9.17, 15) is 8.42 Å². The number of hydrogen-bond donors (Lipinski definition) is 3. The zero-order chi connectivity index (χ0) is 14.8. The van der Waals surface area contributed by atoms with Gasteiger partial charge in [-0.2, -0.15) is 0 Å². The molecule has 20 heavy (non-hydrogen) atoms. The summed E-state index contributed by atoms with van der Waals surface area (Å²) in [5.74, 6) is 0. The van der Waals surface area contributed by atoms with Gasteiger partial charge in [-0.25, -0.2) is 8.42 Å². The van der Waals surface area contributed by atoms with Crippen molar-refractivity contribution in [3.8, 4) is 0 Å². The molecule has 1 aromatic heterocycles. The van der Waals surface area contributed by atoms with Crippen LogP contribution >= 0.6 is 27.5 Å². The second kappa shape index (κ2) is 6.17. The maximum Gasteiger partial charge on any atom is 0.263 e. The van der Waals surface area contributed by atoms with E-state index in [1.54, 1.807) is 31.3 Å². The third-order valence-electron chi connectivity index (χ3n) is 2.59. The molecule has 3 N–H and O–H groups in total. The Morgan fingerprint density at radius 1 is 1.40 bits per heavy atom. The lowest BCUT2D eigenvalue weighted by Crippen LogP contribution is -2.12. The van der Waals surface area contributed by atoms with Crippen LogP contribution in [0.25, 0.3) is 0 Å². The summed E-state index contributed by atoms with van der Waals surface area (Å²) in [5, 5.41) is 3.38. The molecule has 0 saturated carbocycles. The Labute approximate surface area is 130 Å². The van der Waals surface area contributed by atoms with E-state index in [1.807, 2.05) is 0 Å². The Bertz CT molecular complexity index is 715. The molecule has 0 aliphatic heterocycles. The minimum atomic E-state index is -3.65. The summed E-state index contributed by atoms with van der Waals surface area (Å²) < 4.78 is 27.5. The Balaban J connectivity index is 2.28. The van der Waals surface area contributed by atoms with E-state index in [0.29, 0.717) is 21.7 Å². The second-order valence-corrected chi connectivity index (χ2v) is 6.98. The maximum atomic E-state index is 12.3. The first-order valence-corrected chi connectivity index (χ1v) is 8.38. The number of aromatic amines is 1. The Hall–Kier alpha value is -1.02. The molecule has 0 unspecified atom stereocenters. The lowest BCUT2D eigenvalue weighted by molar-refractivity contribution is 0.601. The van der Waals surface area contributed by atoms with Gasteiger partial charge in [-0.15, -0.1) is 0 Å². The van der Waals surface area contributed by atoms with E-state index in [4.69, 9.17) is 11.6 Å². The average molecular weight is 379 g/mol. The molecule has 0 bridgehead atoms. The Kier molecular flexibility index (Phi) is 4.74. The Morgan fingerprint density at radius 3 is 2.85 bits per heavy atom. The molecule has 0 radical (unpaired) electrons. The highest BCUT2D eigenvalue weighted by Crippen LogP contribution is 2.31. The van der Waals surface area contributed by atoms with Gasteiger partial charge in [0.15, 0.2) is 0 Å². The van der Waals surface area contributed by atoms with Crippen LogP contribution in [0.15, 0.2) is 39.8 Å². The molecule has 1 heterocycles. The minimum Gasteiger partial charge on any atom is -0.363 e. The monoisotopic (exact) mass is 377 g/mol. The number of halogens is 2. The molecule has 2 rings (SSSR count). The molecule has 5 nitrogen and oxygen atoms in total. The van der Waals surface area contributed by atoms with Gasteiger partial charge >= 0.3 is 0 Å². The topological polar surface area (TPSA) is 74.0 Å². The molecule has 0 amide bonds. The van der Waals surface area contributed by atoms with Crippen LogP contribution in [-0.2, 0) is 16.6 Å². The fourth-order valence-corrected chi connectivity index (χ4v) is 3.41. The highest BCUT2D eigenvalue weighted by atomic mass is 79.9. The number of anilines is 1. The number of sulfonamides is 1. The summed E-state index contributed by atoms with van der Waals surface area (Å²) in [5.41, 5.74) is 1.19. The van der Waals surface area contributed by atoms with Crippen LogP contribution in [0.4, 0.5) is 5.69 Å². The molecule has 2 aromatic rings. The number of benzene rings is 1. The number of H-pyrrole nitrogens is 1. The third kappa shape index (κ3) is 3.35. The normalized spacial score (nSPS) is 11.6. The van der Waals surface area contributed by atoms with Crippen molar-refractivity contribution in [3.05, 3.63) is 45.7 Å². The molecule has 0 saturated heterocycles. The van der Waals surface area contributed by atoms with Gasteiger partial charge in [-0.05, 0) is 41.2 Å². The van der Waals surface area contributed by atoms with Gasteiger partial charge < -0.3 is 10.3 Å². The predicted octanol–water partition coefficient (Wildman–Crippen LogP) is 2.95. The summed E-state index contributed by atoms with van der Waals surface area (Å²) >= 11 is 9.20. The third-order valence-corrected chi connectivity index (χ3v) is 5.33. The van der Waals surface area contributed by atoms with Crippen molar-refractivity contribution < 1.29 is 8.42 Å². The number of aromatic nitrogens is 1. The lowest BCUT2D eigenvalue weighted by Gasteiger charge is -2.09. The second-order valence-electron chi connectivity index (χ2n) is 4.10. The largest absolute Gasteiger partial charge is 0.363 e. The van der Waals surface area contributed by atoms with E-state index in [1.165, 1.54) is 6.20 Å². The van der Waals surface area contributed by atoms with Gasteiger partial charge in [0.2, 0.25) is 0 Å². The summed E-state index contributed by atoms with van der Waals surface area (Å²) in [6.45, 7) is 0.566. The van der Waals surface area contributed by atoms with Gasteiger partial charge in [0.25, 0.3) is 10.0 Å². The van der Waals surface area contributed by atoms with Crippen molar-refractivity contribution in [2.24, 2.45) is 0 Å². The van der Waals surface area contributed by atoms with Crippen molar-refractivity contribution in [2.45, 2.75) is 11.4 Å². The summed E-state index contributed by atoms with van der Waals surface area (Å²) in [6, 6.07) is 6.56. The van der Waals surface area contributed by atoms with Crippen LogP contribution in [0.1, 0.15) is 5.69 Å². The smallest absolute Gasteiger partial charge is 0.263 e. The highest BCUT2D eigenvalue weighted by molar-refractivity contribution is 9.10. The van der Waals surface area contributed by atoms with E-state index in [-0.39, 0.29) is 4.90 Å². The van der Waals surface area contributed by atoms with Gasteiger partial charge in [-0.1, -0.05) is 17.7 Å². The first-order valence-electron chi connectivity index (χ1n) is 5.73. The van der Waals surface area contributed by atoms with Crippen LogP contribution in [0, 0.1) is 0 Å². The molecule has 8 heteroatoms. The minimum absolute atomic E-state index is 0.176. The van der Waals surface area contributed by atoms with E-state index in [2.05, 4.69) is 31.0 Å². The fourth-order valence-electron chi connectivity index (χ4n) is 1.65. The first kappa shape index (κ1) is 15.4. The molecule has 0 spiro atoms. The number of nitrogens with one attached hydrogen (secondary N) is 3. The van der Waals surface area contributed by atoms with Gasteiger partial charge in [-0.3, -0.25) is 4.72 Å². The van der Waals surface area contributed by atoms with E-state index < -0.39 is 10.0 Å². The average Bonchev–Trinajstić information content (AvgIpc) is 2.85. The zero-order valence-electron chi connectivity index (χ0n) is 10.6. The molecule has 0 aliphatic carbocycles. The molecule has 0 fully saturated rings. The van der Waals surface area contributed by atoms with Crippen molar-refractivity contribution in [2.75, 3.05) is 11.8 Å². The van der Waals surface area contributed by atoms with Crippen molar-refractivity contribution in [1.82, 2.24) is 10.3 Å². The SMILES string of the molecule is CNCc1cc(S(=O)(=O)Nc2cccc(Cl)c2Br)c[nH]1. The molecule has 1 aromatic carbocycles. The molecule has 0 atom stereocenters. The summed E-state index contributed by atoms with van der Waals surface area (Å²) in [6.07, 6.45) is 1.45. The van der Waals surface area contributed by atoms with Gasteiger partial charge in [0, 0.05) is 18.4 Å². The van der Waals surface area contributed by atoms with Gasteiger partial charge in [0.05, 0.1) is 15.2 Å². The number of rotatable bonds is 5. The maximum absolute atomic E-state index is 12.3. The zero-order valence-corrected chi connectivity index (χ0v) is 13.7. The first-order chi connectivity index (χ1) is 9.44. The van der Waals surface area contributed by atoms with Crippen LogP contribution in [0.2, 0.25) is 5.02 Å². The van der Waals surface area contributed by atoms with Crippen molar-refractivity contribution >= 4 is 43.2 Å².